The van der Waals surface area contributed by atoms with E-state index in [4.69, 9.17) is 10.5 Å². The zero-order valence-electron chi connectivity index (χ0n) is 15.2. The molecule has 1 aromatic heterocycles. The zero-order chi connectivity index (χ0) is 21.5. The summed E-state index contributed by atoms with van der Waals surface area (Å²) in [5.41, 5.74) is 6.38. The highest BCUT2D eigenvalue weighted by Crippen LogP contribution is 2.42. The molecule has 30 heavy (non-hydrogen) atoms. The number of carbonyl (C=O) groups excluding carboxylic acids is 3. The van der Waals surface area contributed by atoms with Crippen LogP contribution < -0.4 is 16.0 Å². The number of nitrogens with two attached hydrogens (primary N) is 1. The fourth-order valence-corrected chi connectivity index (χ4v) is 5.94. The number of benzene rings is 1. The number of amides is 2. The van der Waals surface area contributed by atoms with Gasteiger partial charge in [-0.25, -0.2) is 13.2 Å². The van der Waals surface area contributed by atoms with Crippen LogP contribution in [-0.4, -0.2) is 50.3 Å². The number of ether oxygens (including phenoxy) is 1. The topological polar surface area (TPSA) is 148 Å². The monoisotopic (exact) mass is 466 g/mol. The molecule has 0 saturated carbocycles. The molecular formula is C17H14N4O6S3. The lowest BCUT2D eigenvalue weighted by Gasteiger charge is -2.22. The van der Waals surface area contributed by atoms with Crippen molar-refractivity contribution in [2.45, 2.75) is 4.90 Å². The lowest BCUT2D eigenvalue weighted by molar-refractivity contribution is -0.119. The molecule has 0 radical (unpaired) electrons. The molecule has 0 unspecified atom stereocenters. The van der Waals surface area contributed by atoms with Crippen molar-refractivity contribution in [3.63, 3.8) is 0 Å². The van der Waals surface area contributed by atoms with Gasteiger partial charge in [0, 0.05) is 11.4 Å². The standard InChI is InChI=1S/C17H14N4O6S3/c18-14(23)10-3-5-28-15(10)19-13(22)8-27-16(24)9-1-2-11-12(7-9)29-17-20-30(25,26)6-4-21(11)17/h1-3,5,7H,4,6,8H2,(H2,18,23)(H,19,22). The first-order valence-corrected chi connectivity index (χ1v) is 11.8. The van der Waals surface area contributed by atoms with Gasteiger partial charge in [-0.2, -0.15) is 0 Å². The molecule has 0 aliphatic carbocycles. The molecular weight excluding hydrogens is 452 g/mol. The van der Waals surface area contributed by atoms with E-state index in [1.54, 1.807) is 22.4 Å². The molecule has 3 heterocycles. The zero-order valence-corrected chi connectivity index (χ0v) is 17.6. The van der Waals surface area contributed by atoms with Crippen LogP contribution in [0.5, 0.6) is 0 Å². The van der Waals surface area contributed by atoms with Crippen molar-refractivity contribution in [3.8, 4) is 0 Å². The van der Waals surface area contributed by atoms with Gasteiger partial charge in [0.25, 0.3) is 21.8 Å². The summed E-state index contributed by atoms with van der Waals surface area (Å²) in [7, 11) is -3.47. The van der Waals surface area contributed by atoms with E-state index in [0.29, 0.717) is 16.6 Å². The minimum Gasteiger partial charge on any atom is -0.452 e. The van der Waals surface area contributed by atoms with Crippen molar-refractivity contribution in [1.29, 1.82) is 0 Å². The van der Waals surface area contributed by atoms with Gasteiger partial charge in [-0.05, 0) is 41.4 Å². The van der Waals surface area contributed by atoms with E-state index < -0.39 is 34.4 Å². The van der Waals surface area contributed by atoms with E-state index in [1.165, 1.54) is 12.1 Å². The lowest BCUT2D eigenvalue weighted by Crippen LogP contribution is -2.35. The van der Waals surface area contributed by atoms with Crippen molar-refractivity contribution >= 4 is 66.8 Å². The Bertz CT molecular complexity index is 1200. The van der Waals surface area contributed by atoms with Crippen LogP contribution in [0.15, 0.2) is 38.9 Å². The second-order valence-corrected chi connectivity index (χ2v) is 9.93. The van der Waals surface area contributed by atoms with Crippen LogP contribution in [0.1, 0.15) is 20.7 Å². The average molecular weight is 467 g/mol. The lowest BCUT2D eigenvalue weighted by atomic mass is 10.2. The van der Waals surface area contributed by atoms with Crippen LogP contribution in [0.3, 0.4) is 0 Å². The van der Waals surface area contributed by atoms with Crippen molar-refractivity contribution in [2.75, 3.05) is 29.1 Å². The van der Waals surface area contributed by atoms with Gasteiger partial charge >= 0.3 is 5.97 Å². The van der Waals surface area contributed by atoms with Gasteiger partial charge in [0.05, 0.1) is 22.6 Å². The van der Waals surface area contributed by atoms with E-state index in [1.807, 2.05) is 0 Å². The van der Waals surface area contributed by atoms with Gasteiger partial charge in [-0.1, -0.05) is 0 Å². The molecule has 0 spiro atoms. The number of esters is 1. The number of nitrogens with one attached hydrogen (secondary N) is 1. The molecule has 0 fully saturated rings. The summed E-state index contributed by atoms with van der Waals surface area (Å²) in [5, 5.41) is 4.72. The fourth-order valence-electron chi connectivity index (χ4n) is 2.83. The number of hydrogen-bond donors (Lipinski definition) is 2. The Morgan fingerprint density at radius 3 is 2.83 bits per heavy atom. The predicted molar refractivity (Wildman–Crippen MR) is 113 cm³/mol. The van der Waals surface area contributed by atoms with Crippen molar-refractivity contribution in [2.24, 2.45) is 10.1 Å². The van der Waals surface area contributed by atoms with Crippen LogP contribution in [0.4, 0.5) is 10.7 Å². The molecule has 0 bridgehead atoms. The molecule has 0 atom stereocenters. The second kappa shape index (κ2) is 7.74. The van der Waals surface area contributed by atoms with Gasteiger partial charge in [0.1, 0.15) is 5.00 Å². The van der Waals surface area contributed by atoms with E-state index in [-0.39, 0.29) is 21.9 Å². The van der Waals surface area contributed by atoms with Crippen LogP contribution in [0.25, 0.3) is 0 Å². The molecule has 2 aliphatic heterocycles. The maximum absolute atomic E-state index is 12.3. The number of sulfonamides is 1. The number of fused-ring (bicyclic) bond motifs is 3. The third-order valence-corrected chi connectivity index (χ3v) is 7.36. The van der Waals surface area contributed by atoms with Crippen molar-refractivity contribution in [1.82, 2.24) is 0 Å². The van der Waals surface area contributed by atoms with E-state index >= 15 is 0 Å². The number of amidine groups is 1. The number of hydrogen-bond acceptors (Lipinski definition) is 9. The Morgan fingerprint density at radius 1 is 1.27 bits per heavy atom. The van der Waals surface area contributed by atoms with E-state index in [0.717, 1.165) is 28.8 Å². The summed E-state index contributed by atoms with van der Waals surface area (Å²) in [6.07, 6.45) is 0. The molecule has 2 aliphatic rings. The first-order chi connectivity index (χ1) is 14.2. The molecule has 3 N–H and O–H groups in total. The quantitative estimate of drug-likeness (QED) is 0.626. The third-order valence-electron chi connectivity index (χ3n) is 4.23. The Hall–Kier alpha value is -2.90. The first kappa shape index (κ1) is 20.4. The Labute approximate surface area is 179 Å². The van der Waals surface area contributed by atoms with Gasteiger partial charge in [0.15, 0.2) is 11.8 Å². The van der Waals surface area contributed by atoms with Crippen LogP contribution >= 0.6 is 23.1 Å². The highest BCUT2D eigenvalue weighted by Gasteiger charge is 2.33. The minimum absolute atomic E-state index is 0.0723. The number of anilines is 2. The van der Waals surface area contributed by atoms with Crippen molar-refractivity contribution < 1.29 is 27.5 Å². The normalized spacial score (nSPS) is 16.3. The molecule has 1 aromatic carbocycles. The summed E-state index contributed by atoms with van der Waals surface area (Å²) in [6.45, 7) is -0.253. The number of rotatable bonds is 5. The molecule has 4 rings (SSSR count). The Kier molecular flexibility index (Phi) is 5.26. The minimum atomic E-state index is -3.47. The van der Waals surface area contributed by atoms with Gasteiger partial charge in [-0.15, -0.1) is 15.7 Å². The van der Waals surface area contributed by atoms with Crippen LogP contribution in [-0.2, 0) is 19.6 Å². The van der Waals surface area contributed by atoms with Gasteiger partial charge in [0.2, 0.25) is 0 Å². The second-order valence-electron chi connectivity index (χ2n) is 6.25. The molecule has 2 aromatic rings. The summed E-state index contributed by atoms with van der Waals surface area (Å²) in [6, 6.07) is 6.28. The average Bonchev–Trinajstić information content (AvgIpc) is 3.28. The van der Waals surface area contributed by atoms with Crippen LogP contribution in [0.2, 0.25) is 0 Å². The number of primary amides is 1. The molecule has 10 nitrogen and oxygen atoms in total. The van der Waals surface area contributed by atoms with Gasteiger partial charge in [-0.3, -0.25) is 9.59 Å². The predicted octanol–water partition coefficient (Wildman–Crippen LogP) is 1.25. The largest absolute Gasteiger partial charge is 0.452 e. The number of carbonyl (C=O) groups is 3. The number of thioether (sulfide) groups is 1. The van der Waals surface area contributed by atoms with E-state index in [2.05, 4.69) is 9.71 Å². The summed E-state index contributed by atoms with van der Waals surface area (Å²) in [5.74, 6) is -2.07. The highest BCUT2D eigenvalue weighted by atomic mass is 32.2. The van der Waals surface area contributed by atoms with E-state index in [9.17, 15) is 22.8 Å². The van der Waals surface area contributed by atoms with Gasteiger partial charge < -0.3 is 20.7 Å². The fraction of sp³-hybridized carbons (Fsp3) is 0.176. The number of thiophene rings is 1. The molecule has 13 heteroatoms. The molecule has 2 amide bonds. The molecule has 156 valence electrons. The molecule has 0 saturated heterocycles. The van der Waals surface area contributed by atoms with Crippen LogP contribution in [0, 0.1) is 0 Å². The Balaban J connectivity index is 1.40. The first-order valence-electron chi connectivity index (χ1n) is 8.50. The number of nitrogens with zero attached hydrogens (tertiary/aromatic N) is 2. The third kappa shape index (κ3) is 4.04. The SMILES string of the molecule is NC(=O)c1ccsc1NC(=O)COC(=O)c1ccc2c(c1)SC1=NS(=O)(=O)CCN12. The summed E-state index contributed by atoms with van der Waals surface area (Å²) in [4.78, 5) is 38.1. The smallest absolute Gasteiger partial charge is 0.338 e. The highest BCUT2D eigenvalue weighted by molar-refractivity contribution is 8.15. The Morgan fingerprint density at radius 2 is 2.07 bits per heavy atom. The van der Waals surface area contributed by atoms with Crippen molar-refractivity contribution in [3.05, 3.63) is 40.8 Å². The maximum atomic E-state index is 12.3. The maximum Gasteiger partial charge on any atom is 0.338 e. The summed E-state index contributed by atoms with van der Waals surface area (Å²) < 4.78 is 32.1. The summed E-state index contributed by atoms with van der Waals surface area (Å²) >= 11 is 2.28.